The lowest BCUT2D eigenvalue weighted by molar-refractivity contribution is -0.140. The summed E-state index contributed by atoms with van der Waals surface area (Å²) in [7, 11) is 0. The van der Waals surface area contributed by atoms with Gasteiger partial charge in [0.2, 0.25) is 0 Å². The lowest BCUT2D eigenvalue weighted by Gasteiger charge is -2.30. The molecular formula is C19H19FN2O3. The quantitative estimate of drug-likeness (QED) is 0.687. The topological polar surface area (TPSA) is 72.6 Å². The maximum absolute atomic E-state index is 13.1. The van der Waals surface area contributed by atoms with Crippen LogP contribution in [0.15, 0.2) is 42.5 Å². The van der Waals surface area contributed by atoms with Gasteiger partial charge in [-0.25, -0.2) is 9.18 Å². The number of amides is 1. The van der Waals surface area contributed by atoms with Crippen LogP contribution in [0.2, 0.25) is 0 Å². The molecule has 0 fully saturated rings. The first-order valence-electron chi connectivity index (χ1n) is 8.07. The summed E-state index contributed by atoms with van der Waals surface area (Å²) in [6.07, 6.45) is -0.171. The molecule has 2 aromatic carbocycles. The SMILES string of the molecule is C[C@@H](OC(=O)c1ccc(F)cc1N)C(=O)N1CCc2ccccc2C1. The number of carbonyl (C=O) groups is 2. The third kappa shape index (κ3) is 3.63. The second-order valence-electron chi connectivity index (χ2n) is 6.06. The zero-order valence-electron chi connectivity index (χ0n) is 13.9. The summed E-state index contributed by atoms with van der Waals surface area (Å²) in [6, 6.07) is 11.4. The van der Waals surface area contributed by atoms with Gasteiger partial charge in [0.25, 0.3) is 5.91 Å². The molecule has 1 amide bonds. The van der Waals surface area contributed by atoms with E-state index in [2.05, 4.69) is 6.07 Å². The van der Waals surface area contributed by atoms with Crippen molar-refractivity contribution in [3.05, 3.63) is 65.0 Å². The van der Waals surface area contributed by atoms with Crippen molar-refractivity contribution in [3.8, 4) is 0 Å². The van der Waals surface area contributed by atoms with Gasteiger partial charge in [-0.05, 0) is 42.7 Å². The molecule has 2 N–H and O–H groups in total. The summed E-state index contributed by atoms with van der Waals surface area (Å²) in [5, 5.41) is 0. The predicted octanol–water partition coefficient (Wildman–Crippen LogP) is 2.54. The Labute approximate surface area is 145 Å². The predicted molar refractivity (Wildman–Crippen MR) is 91.3 cm³/mol. The second kappa shape index (κ2) is 6.93. The van der Waals surface area contributed by atoms with Crippen LogP contribution in [0.1, 0.15) is 28.4 Å². The highest BCUT2D eigenvalue weighted by atomic mass is 19.1. The van der Waals surface area contributed by atoms with Crippen molar-refractivity contribution < 1.29 is 18.7 Å². The van der Waals surface area contributed by atoms with Gasteiger partial charge in [-0.2, -0.15) is 0 Å². The molecule has 130 valence electrons. The molecule has 1 heterocycles. The largest absolute Gasteiger partial charge is 0.449 e. The van der Waals surface area contributed by atoms with E-state index >= 15 is 0 Å². The Morgan fingerprint density at radius 3 is 2.64 bits per heavy atom. The van der Waals surface area contributed by atoms with Gasteiger partial charge in [-0.1, -0.05) is 24.3 Å². The van der Waals surface area contributed by atoms with Crippen LogP contribution in [-0.4, -0.2) is 29.4 Å². The Morgan fingerprint density at radius 1 is 1.20 bits per heavy atom. The normalized spacial score (nSPS) is 14.6. The van der Waals surface area contributed by atoms with Crippen molar-refractivity contribution >= 4 is 17.6 Å². The number of nitrogens with zero attached hydrogens (tertiary/aromatic N) is 1. The summed E-state index contributed by atoms with van der Waals surface area (Å²) in [6.45, 7) is 2.60. The smallest absolute Gasteiger partial charge is 0.341 e. The van der Waals surface area contributed by atoms with Crippen LogP contribution in [0, 0.1) is 5.82 Å². The van der Waals surface area contributed by atoms with E-state index in [1.54, 1.807) is 4.90 Å². The summed E-state index contributed by atoms with van der Waals surface area (Å²) in [4.78, 5) is 26.4. The first-order chi connectivity index (χ1) is 12.0. The minimum Gasteiger partial charge on any atom is -0.449 e. The molecule has 0 radical (unpaired) electrons. The highest BCUT2D eigenvalue weighted by Gasteiger charge is 2.27. The van der Waals surface area contributed by atoms with E-state index < -0.39 is 17.9 Å². The Kier molecular flexibility index (Phi) is 4.70. The van der Waals surface area contributed by atoms with Crippen LogP contribution in [0.25, 0.3) is 0 Å². The first-order valence-corrected chi connectivity index (χ1v) is 8.07. The molecule has 0 unspecified atom stereocenters. The third-order valence-corrected chi connectivity index (χ3v) is 4.31. The minimum absolute atomic E-state index is 0.0171. The fourth-order valence-corrected chi connectivity index (χ4v) is 2.93. The van der Waals surface area contributed by atoms with Crippen molar-refractivity contribution in [2.24, 2.45) is 0 Å². The summed E-state index contributed by atoms with van der Waals surface area (Å²) >= 11 is 0. The van der Waals surface area contributed by atoms with Crippen LogP contribution in [0.4, 0.5) is 10.1 Å². The van der Waals surface area contributed by atoms with Gasteiger partial charge >= 0.3 is 5.97 Å². The average Bonchev–Trinajstić information content (AvgIpc) is 2.60. The van der Waals surface area contributed by atoms with Gasteiger partial charge in [0.15, 0.2) is 6.10 Å². The van der Waals surface area contributed by atoms with E-state index in [1.807, 2.05) is 18.2 Å². The fourth-order valence-electron chi connectivity index (χ4n) is 2.93. The number of fused-ring (bicyclic) bond motifs is 1. The van der Waals surface area contributed by atoms with Gasteiger partial charge in [0.1, 0.15) is 5.82 Å². The van der Waals surface area contributed by atoms with Crippen molar-refractivity contribution in [1.82, 2.24) is 4.90 Å². The monoisotopic (exact) mass is 342 g/mol. The highest BCUT2D eigenvalue weighted by molar-refractivity contribution is 5.96. The van der Waals surface area contributed by atoms with Gasteiger partial charge in [-0.15, -0.1) is 0 Å². The lowest BCUT2D eigenvalue weighted by atomic mass is 9.99. The molecular weight excluding hydrogens is 323 g/mol. The molecule has 25 heavy (non-hydrogen) atoms. The second-order valence-corrected chi connectivity index (χ2v) is 6.06. The number of anilines is 1. The molecule has 0 bridgehead atoms. The minimum atomic E-state index is -0.942. The molecule has 0 saturated carbocycles. The molecule has 2 aromatic rings. The first kappa shape index (κ1) is 17.0. The summed E-state index contributed by atoms with van der Waals surface area (Å²) in [5.41, 5.74) is 8.00. The zero-order valence-corrected chi connectivity index (χ0v) is 13.9. The van der Waals surface area contributed by atoms with Crippen LogP contribution in [0.3, 0.4) is 0 Å². The zero-order chi connectivity index (χ0) is 18.0. The number of benzene rings is 2. The Morgan fingerprint density at radius 2 is 1.92 bits per heavy atom. The van der Waals surface area contributed by atoms with E-state index in [0.29, 0.717) is 13.1 Å². The maximum Gasteiger partial charge on any atom is 0.341 e. The number of rotatable bonds is 3. The number of ether oxygens (including phenoxy) is 1. The standard InChI is InChI=1S/C19H19FN2O3/c1-12(25-19(24)16-7-6-15(20)10-17(16)21)18(23)22-9-8-13-4-2-3-5-14(13)11-22/h2-7,10,12H,8-9,11,21H2,1H3/t12-/m1/s1. The van der Waals surface area contributed by atoms with Gasteiger partial charge < -0.3 is 15.4 Å². The summed E-state index contributed by atoms with van der Waals surface area (Å²) < 4.78 is 18.3. The van der Waals surface area contributed by atoms with E-state index in [0.717, 1.165) is 24.1 Å². The van der Waals surface area contributed by atoms with Crippen molar-refractivity contribution in [2.75, 3.05) is 12.3 Å². The van der Waals surface area contributed by atoms with Crippen LogP contribution in [-0.2, 0) is 22.5 Å². The van der Waals surface area contributed by atoms with Gasteiger partial charge in [-0.3, -0.25) is 4.79 Å². The molecule has 6 heteroatoms. The average molecular weight is 342 g/mol. The highest BCUT2D eigenvalue weighted by Crippen LogP contribution is 2.20. The van der Waals surface area contributed by atoms with E-state index in [-0.39, 0.29) is 17.2 Å². The maximum atomic E-state index is 13.1. The molecule has 1 atom stereocenters. The Bertz CT molecular complexity index is 822. The van der Waals surface area contributed by atoms with Crippen LogP contribution in [0.5, 0.6) is 0 Å². The van der Waals surface area contributed by atoms with Gasteiger partial charge in [0, 0.05) is 18.8 Å². The van der Waals surface area contributed by atoms with Crippen LogP contribution < -0.4 is 5.73 Å². The van der Waals surface area contributed by atoms with Crippen molar-refractivity contribution in [1.29, 1.82) is 0 Å². The van der Waals surface area contributed by atoms with E-state index in [9.17, 15) is 14.0 Å². The van der Waals surface area contributed by atoms with E-state index in [4.69, 9.17) is 10.5 Å². The molecule has 0 aromatic heterocycles. The molecule has 3 rings (SSSR count). The molecule has 0 aliphatic carbocycles. The number of esters is 1. The number of hydrogen-bond donors (Lipinski definition) is 1. The summed E-state index contributed by atoms with van der Waals surface area (Å²) in [5.74, 6) is -1.54. The number of nitrogens with two attached hydrogens (primary N) is 1. The third-order valence-electron chi connectivity index (χ3n) is 4.31. The van der Waals surface area contributed by atoms with E-state index in [1.165, 1.54) is 18.6 Å². The molecule has 1 aliphatic heterocycles. The van der Waals surface area contributed by atoms with Crippen LogP contribution >= 0.6 is 0 Å². The van der Waals surface area contributed by atoms with Gasteiger partial charge in [0.05, 0.1) is 5.56 Å². The van der Waals surface area contributed by atoms with Crippen molar-refractivity contribution in [3.63, 3.8) is 0 Å². The fraction of sp³-hybridized carbons (Fsp3) is 0.263. The lowest BCUT2D eigenvalue weighted by Crippen LogP contribution is -2.42. The number of carbonyl (C=O) groups excluding carboxylic acids is 2. The van der Waals surface area contributed by atoms with Crippen molar-refractivity contribution in [2.45, 2.75) is 26.0 Å². The number of hydrogen-bond acceptors (Lipinski definition) is 4. The molecule has 5 nitrogen and oxygen atoms in total. The number of nitrogen functional groups attached to an aromatic ring is 1. The molecule has 0 spiro atoms. The molecule has 1 aliphatic rings. The molecule has 0 saturated heterocycles. The number of halogens is 1. The Balaban J connectivity index is 1.66. The Hall–Kier alpha value is -2.89.